The van der Waals surface area contributed by atoms with Crippen LogP contribution in [-0.2, 0) is 0 Å². The first-order valence-electron chi connectivity index (χ1n) is 5.86. The summed E-state index contributed by atoms with van der Waals surface area (Å²) in [7, 11) is 0. The molecular formula is C14H15N3O. The molecule has 0 atom stereocenters. The molecule has 18 heavy (non-hydrogen) atoms. The van der Waals surface area contributed by atoms with Gasteiger partial charge in [-0.25, -0.2) is 9.97 Å². The van der Waals surface area contributed by atoms with Crippen LogP contribution in [0.4, 0.5) is 5.69 Å². The van der Waals surface area contributed by atoms with Gasteiger partial charge in [0, 0.05) is 24.6 Å². The Hall–Kier alpha value is -2.23. The molecule has 1 aromatic carbocycles. The lowest BCUT2D eigenvalue weighted by Gasteiger charge is -2.21. The van der Waals surface area contributed by atoms with E-state index in [4.69, 9.17) is 0 Å². The number of rotatable bonds is 3. The van der Waals surface area contributed by atoms with Crippen LogP contribution in [0.5, 0.6) is 0 Å². The summed E-state index contributed by atoms with van der Waals surface area (Å²) in [5.41, 5.74) is 2.52. The first-order valence-corrected chi connectivity index (χ1v) is 5.86. The second kappa shape index (κ2) is 5.40. The van der Waals surface area contributed by atoms with Crippen molar-refractivity contribution in [2.24, 2.45) is 0 Å². The molecule has 0 spiro atoms. The summed E-state index contributed by atoms with van der Waals surface area (Å²) in [4.78, 5) is 21.8. The molecule has 1 aromatic heterocycles. The Morgan fingerprint density at radius 1 is 1.28 bits per heavy atom. The largest absolute Gasteiger partial charge is 0.309 e. The van der Waals surface area contributed by atoms with E-state index in [1.54, 1.807) is 4.90 Å². The van der Waals surface area contributed by atoms with Crippen molar-refractivity contribution in [2.75, 3.05) is 11.4 Å². The summed E-state index contributed by atoms with van der Waals surface area (Å²) >= 11 is 0. The zero-order chi connectivity index (χ0) is 13.0. The number of carbonyl (C=O) groups excluding carboxylic acids is 1. The first-order chi connectivity index (χ1) is 8.72. The van der Waals surface area contributed by atoms with Crippen molar-refractivity contribution in [3.05, 3.63) is 54.1 Å². The van der Waals surface area contributed by atoms with Crippen molar-refractivity contribution in [3.63, 3.8) is 0 Å². The fourth-order valence-corrected chi connectivity index (χ4v) is 1.80. The molecule has 2 rings (SSSR count). The quantitative estimate of drug-likeness (QED) is 0.829. The Morgan fingerprint density at radius 2 is 2.00 bits per heavy atom. The highest BCUT2D eigenvalue weighted by molar-refractivity contribution is 6.05. The van der Waals surface area contributed by atoms with E-state index < -0.39 is 0 Å². The Kier molecular flexibility index (Phi) is 3.67. The Balaban J connectivity index is 2.32. The molecule has 0 N–H and O–H groups in total. The second-order valence-electron chi connectivity index (χ2n) is 4.02. The SMILES string of the molecule is CCN(C(=O)c1cncnc1)c1cccc(C)c1. The van der Waals surface area contributed by atoms with Gasteiger partial charge >= 0.3 is 0 Å². The van der Waals surface area contributed by atoms with Gasteiger partial charge in [0.25, 0.3) is 5.91 Å². The lowest BCUT2D eigenvalue weighted by atomic mass is 10.2. The number of carbonyl (C=O) groups is 1. The molecule has 2 aromatic rings. The number of anilines is 1. The average Bonchev–Trinajstić information content (AvgIpc) is 2.40. The second-order valence-corrected chi connectivity index (χ2v) is 4.02. The summed E-state index contributed by atoms with van der Waals surface area (Å²) in [5.74, 6) is -0.0799. The molecule has 0 radical (unpaired) electrons. The maximum absolute atomic E-state index is 12.3. The molecule has 0 bridgehead atoms. The van der Waals surface area contributed by atoms with Crippen LogP contribution < -0.4 is 4.90 Å². The fraction of sp³-hybridized carbons (Fsp3) is 0.214. The molecule has 4 heteroatoms. The van der Waals surface area contributed by atoms with Gasteiger partial charge in [0.1, 0.15) is 6.33 Å². The molecule has 0 aliphatic heterocycles. The van der Waals surface area contributed by atoms with Crippen molar-refractivity contribution < 1.29 is 4.79 Å². The minimum atomic E-state index is -0.0799. The zero-order valence-electron chi connectivity index (χ0n) is 10.5. The van der Waals surface area contributed by atoms with Crippen LogP contribution in [0.25, 0.3) is 0 Å². The molecule has 0 saturated carbocycles. The number of benzene rings is 1. The van der Waals surface area contributed by atoms with Crippen LogP contribution in [-0.4, -0.2) is 22.4 Å². The molecule has 4 nitrogen and oxygen atoms in total. The van der Waals surface area contributed by atoms with Gasteiger partial charge in [-0.05, 0) is 31.5 Å². The van der Waals surface area contributed by atoms with Gasteiger partial charge in [-0.2, -0.15) is 0 Å². The van der Waals surface area contributed by atoms with Gasteiger partial charge < -0.3 is 4.90 Å². The highest BCUT2D eigenvalue weighted by Gasteiger charge is 2.16. The smallest absolute Gasteiger partial charge is 0.261 e. The summed E-state index contributed by atoms with van der Waals surface area (Å²) < 4.78 is 0. The monoisotopic (exact) mass is 241 g/mol. The van der Waals surface area contributed by atoms with Crippen molar-refractivity contribution in [1.29, 1.82) is 0 Å². The van der Waals surface area contributed by atoms with Gasteiger partial charge in [0.2, 0.25) is 0 Å². The molecule has 1 amide bonds. The number of aryl methyl sites for hydroxylation is 1. The van der Waals surface area contributed by atoms with E-state index >= 15 is 0 Å². The molecule has 1 heterocycles. The van der Waals surface area contributed by atoms with Gasteiger partial charge in [0.15, 0.2) is 0 Å². The van der Waals surface area contributed by atoms with E-state index in [2.05, 4.69) is 9.97 Å². The maximum Gasteiger partial charge on any atom is 0.261 e. The first kappa shape index (κ1) is 12.2. The lowest BCUT2D eigenvalue weighted by Crippen LogP contribution is -2.30. The molecule has 0 unspecified atom stereocenters. The summed E-state index contributed by atoms with van der Waals surface area (Å²) in [6.07, 6.45) is 4.49. The van der Waals surface area contributed by atoms with E-state index in [1.807, 2.05) is 38.1 Å². The Morgan fingerprint density at radius 3 is 2.61 bits per heavy atom. The van der Waals surface area contributed by atoms with Crippen LogP contribution in [0.2, 0.25) is 0 Å². The van der Waals surface area contributed by atoms with Crippen molar-refractivity contribution >= 4 is 11.6 Å². The average molecular weight is 241 g/mol. The topological polar surface area (TPSA) is 46.1 Å². The maximum atomic E-state index is 12.3. The molecule has 0 aliphatic rings. The number of amides is 1. The van der Waals surface area contributed by atoms with Crippen LogP contribution in [0.3, 0.4) is 0 Å². The van der Waals surface area contributed by atoms with Gasteiger partial charge in [0.05, 0.1) is 5.56 Å². The number of aromatic nitrogens is 2. The van der Waals surface area contributed by atoms with Gasteiger partial charge in [-0.1, -0.05) is 12.1 Å². The van der Waals surface area contributed by atoms with Gasteiger partial charge in [-0.15, -0.1) is 0 Å². The highest BCUT2D eigenvalue weighted by Crippen LogP contribution is 2.17. The van der Waals surface area contributed by atoms with Crippen molar-refractivity contribution in [2.45, 2.75) is 13.8 Å². The molecule has 0 saturated heterocycles. The summed E-state index contributed by atoms with van der Waals surface area (Å²) in [6.45, 7) is 4.56. The minimum absolute atomic E-state index is 0.0799. The zero-order valence-corrected chi connectivity index (χ0v) is 10.5. The standard InChI is InChI=1S/C14H15N3O/c1-3-17(13-6-4-5-11(2)7-13)14(18)12-8-15-10-16-9-12/h4-10H,3H2,1-2H3. The number of hydrogen-bond acceptors (Lipinski definition) is 3. The van der Waals surface area contributed by atoms with Gasteiger partial charge in [-0.3, -0.25) is 4.79 Å². The molecular weight excluding hydrogens is 226 g/mol. The third kappa shape index (κ3) is 2.53. The molecule has 0 fully saturated rings. The van der Waals surface area contributed by atoms with Crippen molar-refractivity contribution in [1.82, 2.24) is 9.97 Å². The normalized spacial score (nSPS) is 10.1. The Labute approximate surface area is 106 Å². The van der Waals surface area contributed by atoms with E-state index in [9.17, 15) is 4.79 Å². The van der Waals surface area contributed by atoms with E-state index in [1.165, 1.54) is 18.7 Å². The minimum Gasteiger partial charge on any atom is -0.309 e. The molecule has 92 valence electrons. The Bertz CT molecular complexity index is 540. The van der Waals surface area contributed by atoms with Crippen LogP contribution >= 0.6 is 0 Å². The predicted molar refractivity (Wildman–Crippen MR) is 70.6 cm³/mol. The predicted octanol–water partition coefficient (Wildman–Crippen LogP) is 2.45. The lowest BCUT2D eigenvalue weighted by molar-refractivity contribution is 0.0987. The van der Waals surface area contributed by atoms with E-state index in [0.29, 0.717) is 12.1 Å². The third-order valence-corrected chi connectivity index (χ3v) is 2.68. The van der Waals surface area contributed by atoms with Crippen LogP contribution in [0.15, 0.2) is 43.0 Å². The summed E-state index contributed by atoms with van der Waals surface area (Å²) in [6, 6.07) is 7.87. The highest BCUT2D eigenvalue weighted by atomic mass is 16.2. The van der Waals surface area contributed by atoms with Crippen LogP contribution in [0, 0.1) is 6.92 Å². The summed E-state index contributed by atoms with van der Waals surface area (Å²) in [5, 5.41) is 0. The van der Waals surface area contributed by atoms with Crippen molar-refractivity contribution in [3.8, 4) is 0 Å². The molecule has 0 aliphatic carbocycles. The van der Waals surface area contributed by atoms with E-state index in [-0.39, 0.29) is 5.91 Å². The number of hydrogen-bond donors (Lipinski definition) is 0. The third-order valence-electron chi connectivity index (χ3n) is 2.68. The van der Waals surface area contributed by atoms with E-state index in [0.717, 1.165) is 11.3 Å². The van der Waals surface area contributed by atoms with Crippen LogP contribution in [0.1, 0.15) is 22.8 Å². The number of nitrogens with zero attached hydrogens (tertiary/aromatic N) is 3. The fourth-order valence-electron chi connectivity index (χ4n) is 1.80.